The van der Waals surface area contributed by atoms with Crippen LogP contribution in [0.2, 0.25) is 0 Å². The Labute approximate surface area is 135 Å². The standard InChI is InChI=1S/C15H20N4O3S/c20-15(17-12-8-10-3-4-11(9-12)16-10)13-2-1-5-19-6-7-23(21,22)18-14(13)19/h1-2,5,10-12,16H,3-4,6-9H2,(H,17,20). The number of piperidine rings is 1. The Bertz CT molecular complexity index is 713. The van der Waals surface area contributed by atoms with E-state index in [0.29, 0.717) is 24.2 Å². The van der Waals surface area contributed by atoms with Crippen LogP contribution in [0.3, 0.4) is 0 Å². The molecule has 4 heterocycles. The molecular formula is C15H20N4O3S. The fraction of sp³-hybridized carbons (Fsp3) is 0.600. The number of nitrogens with one attached hydrogen (secondary N) is 2. The number of amides is 1. The topological polar surface area (TPSA) is 90.9 Å². The van der Waals surface area contributed by atoms with Crippen LogP contribution in [0.4, 0.5) is 0 Å². The number of fused-ring (bicyclic) bond motifs is 3. The van der Waals surface area contributed by atoms with Crippen LogP contribution in [0, 0.1) is 0 Å². The summed E-state index contributed by atoms with van der Waals surface area (Å²) in [6.07, 6.45) is 9.36. The largest absolute Gasteiger partial charge is 0.349 e. The molecule has 2 N–H and O–H groups in total. The number of hydrogen-bond donors (Lipinski definition) is 2. The predicted octanol–water partition coefficient (Wildman–Crippen LogP) is -0.117. The minimum absolute atomic E-state index is 0.0204. The van der Waals surface area contributed by atoms with Gasteiger partial charge in [-0.1, -0.05) is 0 Å². The van der Waals surface area contributed by atoms with Crippen LogP contribution >= 0.6 is 0 Å². The summed E-state index contributed by atoms with van der Waals surface area (Å²) >= 11 is 0. The summed E-state index contributed by atoms with van der Waals surface area (Å²) in [6, 6.07) is 1.12. The summed E-state index contributed by atoms with van der Waals surface area (Å²) in [7, 11) is -3.48. The maximum Gasteiger partial charge on any atom is 0.256 e. The molecule has 0 aromatic rings. The molecule has 4 aliphatic rings. The Morgan fingerprint density at radius 2 is 2.04 bits per heavy atom. The van der Waals surface area contributed by atoms with Gasteiger partial charge in [0, 0.05) is 30.9 Å². The highest BCUT2D eigenvalue weighted by Gasteiger charge is 2.36. The van der Waals surface area contributed by atoms with Gasteiger partial charge >= 0.3 is 0 Å². The summed E-state index contributed by atoms with van der Waals surface area (Å²) < 4.78 is 27.3. The molecule has 2 bridgehead atoms. The van der Waals surface area contributed by atoms with Gasteiger partial charge in [0.25, 0.3) is 15.9 Å². The number of nitrogens with zero attached hydrogens (tertiary/aromatic N) is 2. The highest BCUT2D eigenvalue weighted by Crippen LogP contribution is 2.27. The number of carbonyl (C=O) groups is 1. The first kappa shape index (κ1) is 14.9. The second kappa shape index (κ2) is 5.45. The van der Waals surface area contributed by atoms with Crippen molar-refractivity contribution in [3.8, 4) is 0 Å². The van der Waals surface area contributed by atoms with E-state index in [2.05, 4.69) is 15.0 Å². The van der Waals surface area contributed by atoms with Crippen molar-refractivity contribution < 1.29 is 13.2 Å². The van der Waals surface area contributed by atoms with Gasteiger partial charge in [-0.15, -0.1) is 4.40 Å². The van der Waals surface area contributed by atoms with Crippen LogP contribution in [0.5, 0.6) is 0 Å². The third-order valence-electron chi connectivity index (χ3n) is 4.91. The Balaban J connectivity index is 1.52. The molecule has 0 spiro atoms. The third kappa shape index (κ3) is 2.92. The zero-order valence-electron chi connectivity index (χ0n) is 12.7. The molecule has 0 aromatic carbocycles. The molecule has 4 aliphatic heterocycles. The lowest BCUT2D eigenvalue weighted by atomic mass is 9.99. The fourth-order valence-electron chi connectivity index (χ4n) is 3.83. The van der Waals surface area contributed by atoms with E-state index in [1.807, 2.05) is 0 Å². The van der Waals surface area contributed by atoms with Crippen molar-refractivity contribution in [2.45, 2.75) is 43.8 Å². The van der Waals surface area contributed by atoms with E-state index in [1.54, 1.807) is 23.3 Å². The maximum absolute atomic E-state index is 12.6. The average Bonchev–Trinajstić information content (AvgIpc) is 2.84. The second-order valence-corrected chi connectivity index (χ2v) is 8.35. The van der Waals surface area contributed by atoms with Crippen LogP contribution in [-0.4, -0.2) is 55.5 Å². The molecule has 0 saturated carbocycles. The molecule has 1 amide bonds. The maximum atomic E-state index is 12.6. The van der Waals surface area contributed by atoms with E-state index < -0.39 is 10.0 Å². The number of allylic oxidation sites excluding steroid dienone is 2. The highest BCUT2D eigenvalue weighted by atomic mass is 32.2. The van der Waals surface area contributed by atoms with E-state index in [4.69, 9.17) is 0 Å². The van der Waals surface area contributed by atoms with Crippen LogP contribution in [0.25, 0.3) is 0 Å². The van der Waals surface area contributed by atoms with E-state index in [0.717, 1.165) is 12.8 Å². The Kier molecular flexibility index (Phi) is 3.53. The Morgan fingerprint density at radius 1 is 1.30 bits per heavy atom. The van der Waals surface area contributed by atoms with Gasteiger partial charge in [-0.3, -0.25) is 4.79 Å². The van der Waals surface area contributed by atoms with Crippen LogP contribution in [0.1, 0.15) is 25.7 Å². The van der Waals surface area contributed by atoms with E-state index in [1.165, 1.54) is 12.8 Å². The van der Waals surface area contributed by atoms with Crippen molar-refractivity contribution in [3.05, 3.63) is 23.9 Å². The van der Waals surface area contributed by atoms with Gasteiger partial charge in [-0.25, -0.2) is 8.42 Å². The molecule has 2 atom stereocenters. The van der Waals surface area contributed by atoms with Gasteiger partial charge in [0.2, 0.25) is 0 Å². The zero-order chi connectivity index (χ0) is 16.0. The molecule has 8 heteroatoms. The second-order valence-electron chi connectivity index (χ2n) is 6.60. The summed E-state index contributed by atoms with van der Waals surface area (Å²) in [5.41, 5.74) is 0.335. The van der Waals surface area contributed by atoms with E-state index >= 15 is 0 Å². The normalized spacial score (nSPS) is 34.4. The quantitative estimate of drug-likeness (QED) is 0.734. The Morgan fingerprint density at radius 3 is 2.78 bits per heavy atom. The molecule has 0 aromatic heterocycles. The van der Waals surface area contributed by atoms with Gasteiger partial charge < -0.3 is 15.5 Å². The number of carbonyl (C=O) groups excluding carboxylic acids is 1. The number of sulfonamides is 1. The molecule has 0 aliphatic carbocycles. The summed E-state index contributed by atoms with van der Waals surface area (Å²) in [5, 5.41) is 6.61. The lowest BCUT2D eigenvalue weighted by molar-refractivity contribution is -0.118. The van der Waals surface area contributed by atoms with Crippen molar-refractivity contribution >= 4 is 21.8 Å². The van der Waals surface area contributed by atoms with Crippen molar-refractivity contribution in [1.82, 2.24) is 15.5 Å². The summed E-state index contributed by atoms with van der Waals surface area (Å²) in [5.74, 6) is -0.0115. The molecule has 2 unspecified atom stereocenters. The van der Waals surface area contributed by atoms with Gasteiger partial charge in [-0.05, 0) is 37.8 Å². The van der Waals surface area contributed by atoms with Gasteiger partial charge in [0.05, 0.1) is 11.3 Å². The SMILES string of the molecule is O=C(NC1CC2CCC(C1)N2)C1=CC=CN2CCS(=O)(=O)N=C12. The summed E-state index contributed by atoms with van der Waals surface area (Å²) in [6.45, 7) is 0.333. The molecule has 2 fully saturated rings. The average molecular weight is 336 g/mol. The van der Waals surface area contributed by atoms with E-state index in [9.17, 15) is 13.2 Å². The minimum atomic E-state index is -3.48. The highest BCUT2D eigenvalue weighted by molar-refractivity contribution is 7.90. The molecule has 23 heavy (non-hydrogen) atoms. The van der Waals surface area contributed by atoms with Crippen LogP contribution in [-0.2, 0) is 14.8 Å². The molecule has 0 radical (unpaired) electrons. The van der Waals surface area contributed by atoms with Gasteiger partial charge in [0.1, 0.15) is 0 Å². The van der Waals surface area contributed by atoms with Gasteiger partial charge in [-0.2, -0.15) is 0 Å². The minimum Gasteiger partial charge on any atom is -0.349 e. The molecule has 2 saturated heterocycles. The number of rotatable bonds is 2. The van der Waals surface area contributed by atoms with Gasteiger partial charge in [0.15, 0.2) is 5.84 Å². The first-order chi connectivity index (χ1) is 11.0. The molecule has 4 rings (SSSR count). The first-order valence-electron chi connectivity index (χ1n) is 8.05. The monoisotopic (exact) mass is 336 g/mol. The zero-order valence-corrected chi connectivity index (χ0v) is 13.6. The number of hydrogen-bond acceptors (Lipinski definition) is 5. The lowest BCUT2D eigenvalue weighted by Crippen LogP contribution is -2.50. The van der Waals surface area contributed by atoms with Crippen molar-refractivity contribution in [2.24, 2.45) is 4.40 Å². The molecule has 7 nitrogen and oxygen atoms in total. The Hall–Kier alpha value is -1.67. The summed E-state index contributed by atoms with van der Waals surface area (Å²) in [4.78, 5) is 14.4. The third-order valence-corrected chi connectivity index (χ3v) is 6.06. The van der Waals surface area contributed by atoms with Crippen molar-refractivity contribution in [1.29, 1.82) is 0 Å². The lowest BCUT2D eigenvalue weighted by Gasteiger charge is -2.32. The van der Waals surface area contributed by atoms with Crippen LogP contribution in [0.15, 0.2) is 28.3 Å². The van der Waals surface area contributed by atoms with E-state index in [-0.39, 0.29) is 23.5 Å². The van der Waals surface area contributed by atoms with Crippen molar-refractivity contribution in [2.75, 3.05) is 12.3 Å². The molecular weight excluding hydrogens is 316 g/mol. The fourth-order valence-corrected chi connectivity index (χ4v) is 4.82. The number of amidine groups is 1. The van der Waals surface area contributed by atoms with Crippen LogP contribution < -0.4 is 10.6 Å². The molecule has 124 valence electrons. The predicted molar refractivity (Wildman–Crippen MR) is 86.3 cm³/mol. The smallest absolute Gasteiger partial charge is 0.256 e. The first-order valence-corrected chi connectivity index (χ1v) is 9.66. The van der Waals surface area contributed by atoms with Crippen molar-refractivity contribution in [3.63, 3.8) is 0 Å².